The zero-order valence-corrected chi connectivity index (χ0v) is 16.1. The largest absolute Gasteiger partial charge is 0.481 e. The van der Waals surface area contributed by atoms with Crippen molar-refractivity contribution in [2.75, 3.05) is 11.4 Å². The van der Waals surface area contributed by atoms with E-state index in [0.29, 0.717) is 10.5 Å². The molecule has 2 unspecified atom stereocenters. The number of anilines is 1. The van der Waals surface area contributed by atoms with Crippen LogP contribution in [0.5, 0.6) is 0 Å². The molecule has 2 atom stereocenters. The quantitative estimate of drug-likeness (QED) is 0.727. The molecule has 3 rings (SSSR count). The van der Waals surface area contributed by atoms with E-state index in [-0.39, 0.29) is 21.3 Å². The fraction of sp³-hybridized carbons (Fsp3) is 0.263. The van der Waals surface area contributed by atoms with E-state index in [1.807, 2.05) is 0 Å². The lowest BCUT2D eigenvalue weighted by Crippen LogP contribution is -2.45. The van der Waals surface area contributed by atoms with Crippen LogP contribution in [0.3, 0.4) is 0 Å². The standard InChI is InChI=1S/C19H14Cl2F3NO4/c20-10-5-6-14-12(7-10)17(11-3-1-2-4-13(11)21)29-15(8-16(26)27)18(28)25(14)9-19(22,23)24/h1-7,15,17H,8-9H2,(H,26,27). The van der Waals surface area contributed by atoms with Gasteiger partial charge in [0.05, 0.1) is 12.1 Å². The summed E-state index contributed by atoms with van der Waals surface area (Å²) in [6.07, 6.45) is -8.27. The lowest BCUT2D eigenvalue weighted by Gasteiger charge is -2.25. The third kappa shape index (κ3) is 4.83. The zero-order valence-electron chi connectivity index (χ0n) is 14.6. The minimum atomic E-state index is -4.72. The number of carbonyl (C=O) groups excluding carboxylic acids is 1. The summed E-state index contributed by atoms with van der Waals surface area (Å²) in [4.78, 5) is 24.6. The monoisotopic (exact) mass is 447 g/mol. The number of carboxylic acid groups (broad SMARTS) is 1. The highest BCUT2D eigenvalue weighted by Crippen LogP contribution is 2.42. The van der Waals surface area contributed by atoms with Crippen molar-refractivity contribution >= 4 is 40.8 Å². The van der Waals surface area contributed by atoms with Crippen molar-refractivity contribution in [3.05, 3.63) is 63.6 Å². The van der Waals surface area contributed by atoms with Gasteiger partial charge in [0.15, 0.2) is 0 Å². The molecule has 1 heterocycles. The summed E-state index contributed by atoms with van der Waals surface area (Å²) in [5.41, 5.74) is 0.473. The van der Waals surface area contributed by atoms with Crippen molar-refractivity contribution in [3.8, 4) is 0 Å². The van der Waals surface area contributed by atoms with E-state index in [1.165, 1.54) is 18.2 Å². The molecule has 1 aliphatic heterocycles. The number of aliphatic carboxylic acids is 1. The van der Waals surface area contributed by atoms with Crippen LogP contribution in [-0.4, -0.2) is 35.8 Å². The Hall–Kier alpha value is -2.29. The number of nitrogens with zero attached hydrogens (tertiary/aromatic N) is 1. The Morgan fingerprint density at radius 1 is 1.14 bits per heavy atom. The van der Waals surface area contributed by atoms with Gasteiger partial charge >= 0.3 is 12.1 Å². The molecule has 2 aromatic carbocycles. The number of alkyl halides is 3. The SMILES string of the molecule is O=C(O)CC1OC(c2ccccc2Cl)c2cc(Cl)ccc2N(CC(F)(F)F)C1=O. The van der Waals surface area contributed by atoms with E-state index < -0.39 is 43.2 Å². The van der Waals surface area contributed by atoms with Crippen LogP contribution in [-0.2, 0) is 14.3 Å². The van der Waals surface area contributed by atoms with Crippen molar-refractivity contribution in [2.45, 2.75) is 24.8 Å². The number of carbonyl (C=O) groups is 2. The van der Waals surface area contributed by atoms with Gasteiger partial charge in [-0.05, 0) is 24.3 Å². The summed E-state index contributed by atoms with van der Waals surface area (Å²) in [7, 11) is 0. The Morgan fingerprint density at radius 3 is 2.45 bits per heavy atom. The van der Waals surface area contributed by atoms with Crippen LogP contribution in [0.2, 0.25) is 10.0 Å². The van der Waals surface area contributed by atoms with E-state index in [1.54, 1.807) is 24.3 Å². The number of benzene rings is 2. The van der Waals surface area contributed by atoms with Crippen molar-refractivity contribution in [3.63, 3.8) is 0 Å². The van der Waals surface area contributed by atoms with Gasteiger partial charge in [0.2, 0.25) is 0 Å². The molecule has 0 spiro atoms. The molecule has 0 aromatic heterocycles. The number of halogens is 5. The molecule has 0 saturated carbocycles. The van der Waals surface area contributed by atoms with E-state index >= 15 is 0 Å². The van der Waals surface area contributed by atoms with Gasteiger partial charge in [0, 0.05) is 21.2 Å². The molecule has 0 bridgehead atoms. The molecule has 1 aliphatic rings. The van der Waals surface area contributed by atoms with Crippen LogP contribution in [0.25, 0.3) is 0 Å². The van der Waals surface area contributed by atoms with Gasteiger partial charge in [-0.3, -0.25) is 9.59 Å². The first kappa shape index (κ1) is 21.4. The molecule has 0 aliphatic carbocycles. The summed E-state index contributed by atoms with van der Waals surface area (Å²) in [6.45, 7) is -1.60. The van der Waals surface area contributed by atoms with Crippen LogP contribution >= 0.6 is 23.2 Å². The normalized spacial score (nSPS) is 19.6. The number of fused-ring (bicyclic) bond motifs is 1. The smallest absolute Gasteiger partial charge is 0.406 e. The van der Waals surface area contributed by atoms with Crippen LogP contribution < -0.4 is 4.90 Å². The van der Waals surface area contributed by atoms with Crippen molar-refractivity contribution in [2.24, 2.45) is 0 Å². The van der Waals surface area contributed by atoms with Gasteiger partial charge in [0.25, 0.3) is 5.91 Å². The predicted octanol–water partition coefficient (Wildman–Crippen LogP) is 4.85. The van der Waals surface area contributed by atoms with Gasteiger partial charge in [-0.15, -0.1) is 0 Å². The number of hydrogen-bond acceptors (Lipinski definition) is 3. The van der Waals surface area contributed by atoms with Crippen LogP contribution in [0.15, 0.2) is 42.5 Å². The maximum absolute atomic E-state index is 13.2. The van der Waals surface area contributed by atoms with Gasteiger partial charge in [0.1, 0.15) is 18.8 Å². The van der Waals surface area contributed by atoms with E-state index in [9.17, 15) is 22.8 Å². The molecule has 1 N–H and O–H groups in total. The van der Waals surface area contributed by atoms with Crippen molar-refractivity contribution < 1.29 is 32.6 Å². The predicted molar refractivity (Wildman–Crippen MR) is 100 cm³/mol. The summed E-state index contributed by atoms with van der Waals surface area (Å²) in [5, 5.41) is 9.60. The Balaban J connectivity index is 2.22. The molecule has 2 aromatic rings. The van der Waals surface area contributed by atoms with Crippen molar-refractivity contribution in [1.82, 2.24) is 0 Å². The average molecular weight is 448 g/mol. The first-order valence-corrected chi connectivity index (χ1v) is 9.11. The fourth-order valence-electron chi connectivity index (χ4n) is 3.13. The second-order valence-corrected chi connectivity index (χ2v) is 7.21. The number of rotatable bonds is 4. The average Bonchev–Trinajstić information content (AvgIpc) is 2.71. The summed E-state index contributed by atoms with van der Waals surface area (Å²) in [6, 6.07) is 10.4. The lowest BCUT2D eigenvalue weighted by molar-refractivity contribution is -0.149. The second kappa shape index (κ2) is 8.22. The zero-order chi connectivity index (χ0) is 21.3. The van der Waals surface area contributed by atoms with E-state index in [2.05, 4.69) is 0 Å². The Bertz CT molecular complexity index is 951. The molecule has 154 valence electrons. The van der Waals surface area contributed by atoms with Gasteiger partial charge in [-0.2, -0.15) is 13.2 Å². The summed E-state index contributed by atoms with van der Waals surface area (Å²) < 4.78 is 45.3. The summed E-state index contributed by atoms with van der Waals surface area (Å²) >= 11 is 12.3. The topological polar surface area (TPSA) is 66.8 Å². The van der Waals surface area contributed by atoms with E-state index in [4.69, 9.17) is 33.0 Å². The molecular formula is C19H14Cl2F3NO4. The molecule has 0 saturated heterocycles. The fourth-order valence-corrected chi connectivity index (χ4v) is 3.55. The number of amides is 1. The van der Waals surface area contributed by atoms with Crippen LogP contribution in [0.1, 0.15) is 23.7 Å². The molecule has 5 nitrogen and oxygen atoms in total. The highest BCUT2D eigenvalue weighted by Gasteiger charge is 2.42. The molecule has 0 radical (unpaired) electrons. The number of ether oxygens (including phenoxy) is 1. The molecule has 29 heavy (non-hydrogen) atoms. The van der Waals surface area contributed by atoms with Crippen LogP contribution in [0.4, 0.5) is 18.9 Å². The highest BCUT2D eigenvalue weighted by atomic mass is 35.5. The molecular weight excluding hydrogens is 434 g/mol. The maximum atomic E-state index is 13.2. The molecule has 1 amide bonds. The number of carboxylic acids is 1. The molecule has 0 fully saturated rings. The number of hydrogen-bond donors (Lipinski definition) is 1. The first-order chi connectivity index (χ1) is 13.6. The second-order valence-electron chi connectivity index (χ2n) is 6.37. The molecule has 10 heteroatoms. The van der Waals surface area contributed by atoms with Gasteiger partial charge < -0.3 is 14.7 Å². The Morgan fingerprint density at radius 2 is 1.83 bits per heavy atom. The lowest BCUT2D eigenvalue weighted by atomic mass is 9.99. The van der Waals surface area contributed by atoms with Crippen LogP contribution in [0, 0.1) is 0 Å². The van der Waals surface area contributed by atoms with Gasteiger partial charge in [-0.25, -0.2) is 0 Å². The third-order valence-corrected chi connectivity index (χ3v) is 4.87. The first-order valence-electron chi connectivity index (χ1n) is 8.36. The van der Waals surface area contributed by atoms with Gasteiger partial charge in [-0.1, -0.05) is 41.4 Å². The highest BCUT2D eigenvalue weighted by molar-refractivity contribution is 6.31. The van der Waals surface area contributed by atoms with Crippen molar-refractivity contribution in [1.29, 1.82) is 0 Å². The summed E-state index contributed by atoms with van der Waals surface area (Å²) in [5.74, 6) is -2.50. The van der Waals surface area contributed by atoms with E-state index in [0.717, 1.165) is 0 Å². The minimum Gasteiger partial charge on any atom is -0.481 e. The Kier molecular flexibility index (Phi) is 6.07. The maximum Gasteiger partial charge on any atom is 0.406 e. The third-order valence-electron chi connectivity index (χ3n) is 4.29. The Labute approximate surface area is 173 Å². The minimum absolute atomic E-state index is 0.0745.